The lowest BCUT2D eigenvalue weighted by Crippen LogP contribution is -2.76. The molecule has 5 nitrogen and oxygen atoms in total. The van der Waals surface area contributed by atoms with Crippen LogP contribution >= 0.6 is 23.5 Å². The average molecular weight is 443 g/mol. The Labute approximate surface area is 187 Å². The zero-order valence-corrected chi connectivity index (χ0v) is 18.9. The third-order valence-corrected chi connectivity index (χ3v) is 7.72. The van der Waals surface area contributed by atoms with Gasteiger partial charge in [0.15, 0.2) is 0 Å². The van der Waals surface area contributed by atoms with Crippen LogP contribution in [-0.4, -0.2) is 40.7 Å². The lowest BCUT2D eigenvalue weighted by molar-refractivity contribution is -0.186. The van der Waals surface area contributed by atoms with Gasteiger partial charge in [0.2, 0.25) is 5.91 Å². The summed E-state index contributed by atoms with van der Waals surface area (Å²) in [4.78, 5) is 19.3. The molecule has 7 heteroatoms. The van der Waals surface area contributed by atoms with Gasteiger partial charge < -0.3 is 10.2 Å². The predicted octanol–water partition coefficient (Wildman–Crippen LogP) is 4.06. The average Bonchev–Trinajstić information content (AvgIpc) is 3.05. The summed E-state index contributed by atoms with van der Waals surface area (Å²) in [5.74, 6) is 0.263. The lowest BCUT2D eigenvalue weighted by atomic mass is 9.39. The first kappa shape index (κ1) is 20.2. The monoisotopic (exact) mass is 442 g/mol. The van der Waals surface area contributed by atoms with E-state index in [0.717, 1.165) is 48.5 Å². The molecule has 2 N–H and O–H groups in total. The van der Waals surface area contributed by atoms with Crippen molar-refractivity contribution in [1.29, 1.82) is 0 Å². The molecule has 4 aliphatic carbocycles. The molecule has 0 aliphatic heterocycles. The van der Waals surface area contributed by atoms with Gasteiger partial charge in [0, 0.05) is 23.7 Å². The zero-order valence-electron chi connectivity index (χ0n) is 17.4. The van der Waals surface area contributed by atoms with Crippen LogP contribution in [0, 0.1) is 5.41 Å². The molecule has 3 fully saturated rings. The Morgan fingerprint density at radius 3 is 2.70 bits per heavy atom. The number of hydrogen-bond donors (Lipinski definition) is 2. The number of carbonyl (C=O) groups is 1. The van der Waals surface area contributed by atoms with E-state index in [9.17, 15) is 4.79 Å². The van der Waals surface area contributed by atoms with E-state index in [0.29, 0.717) is 12.6 Å². The molecule has 1 amide bonds. The number of nitrogens with zero attached hydrogens (tertiary/aromatic N) is 2. The number of pyridine rings is 1. The number of amides is 1. The highest BCUT2D eigenvalue weighted by molar-refractivity contribution is 7.96. The van der Waals surface area contributed by atoms with Crippen molar-refractivity contribution in [2.75, 3.05) is 18.6 Å². The van der Waals surface area contributed by atoms with Gasteiger partial charge in [0.05, 0.1) is 29.5 Å². The smallest absolute Gasteiger partial charge is 0.229 e. The van der Waals surface area contributed by atoms with E-state index in [1.165, 1.54) is 11.1 Å². The van der Waals surface area contributed by atoms with Crippen molar-refractivity contribution >= 4 is 35.1 Å². The van der Waals surface area contributed by atoms with Crippen LogP contribution in [0.3, 0.4) is 0 Å². The van der Waals surface area contributed by atoms with Crippen molar-refractivity contribution in [3.63, 3.8) is 0 Å². The maximum Gasteiger partial charge on any atom is 0.229 e. The maximum absolute atomic E-state index is 12.9. The second-order valence-corrected chi connectivity index (χ2v) is 10.3. The Bertz CT molecular complexity index is 960. The van der Waals surface area contributed by atoms with Gasteiger partial charge in [-0.1, -0.05) is 29.6 Å². The number of halogens is 1. The summed E-state index contributed by atoms with van der Waals surface area (Å²) in [6, 6.07) is 10.6. The largest absolute Gasteiger partial charge is 0.380 e. The van der Waals surface area contributed by atoms with Crippen LogP contribution in [0.4, 0.5) is 5.69 Å². The normalized spacial score (nSPS) is 28.3. The van der Waals surface area contributed by atoms with Crippen LogP contribution in [0.25, 0.3) is 0 Å². The summed E-state index contributed by atoms with van der Waals surface area (Å²) >= 11 is 7.77. The van der Waals surface area contributed by atoms with Gasteiger partial charge in [-0.3, -0.25) is 14.5 Å². The second-order valence-electron chi connectivity index (χ2n) is 9.26. The second kappa shape index (κ2) is 7.43. The van der Waals surface area contributed by atoms with Crippen LogP contribution in [0.1, 0.15) is 36.1 Å². The topological polar surface area (TPSA) is 57.3 Å². The number of fused-ring (bicyclic) bond motifs is 1. The van der Waals surface area contributed by atoms with Crippen LogP contribution in [0.2, 0.25) is 5.02 Å². The lowest BCUT2D eigenvalue weighted by Gasteiger charge is -2.69. The van der Waals surface area contributed by atoms with Crippen LogP contribution in [0.5, 0.6) is 0 Å². The van der Waals surface area contributed by atoms with Crippen LogP contribution in [0.15, 0.2) is 36.5 Å². The predicted molar refractivity (Wildman–Crippen MR) is 123 cm³/mol. The number of nitrogens with one attached hydrogen (secondary N) is 2. The Morgan fingerprint density at radius 1 is 1.23 bits per heavy atom. The first-order valence-electron chi connectivity index (χ1n) is 10.4. The molecule has 1 aromatic heterocycles. The molecule has 1 heterocycles. The van der Waals surface area contributed by atoms with E-state index in [1.807, 2.05) is 36.5 Å². The highest BCUT2D eigenvalue weighted by atomic mass is 35.5. The maximum atomic E-state index is 12.9. The van der Waals surface area contributed by atoms with E-state index in [4.69, 9.17) is 11.6 Å². The number of benzene rings is 1. The molecule has 30 heavy (non-hydrogen) atoms. The molecule has 3 saturated carbocycles. The molecule has 4 aliphatic rings. The Kier molecular flexibility index (Phi) is 4.99. The molecule has 158 valence electrons. The van der Waals surface area contributed by atoms with E-state index in [2.05, 4.69) is 33.2 Å². The van der Waals surface area contributed by atoms with Gasteiger partial charge in [-0.05, 0) is 73.8 Å². The fourth-order valence-corrected chi connectivity index (χ4v) is 6.43. The van der Waals surface area contributed by atoms with Crippen molar-refractivity contribution in [3.05, 3.63) is 58.4 Å². The third-order valence-electron chi connectivity index (χ3n) is 6.84. The van der Waals surface area contributed by atoms with E-state index < -0.39 is 0 Å². The molecule has 1 unspecified atom stereocenters. The van der Waals surface area contributed by atoms with Gasteiger partial charge >= 0.3 is 0 Å². The third kappa shape index (κ3) is 3.49. The van der Waals surface area contributed by atoms with E-state index in [1.54, 1.807) is 11.9 Å². The number of anilines is 1. The fourth-order valence-electron chi connectivity index (χ4n) is 5.59. The van der Waals surface area contributed by atoms with Crippen molar-refractivity contribution in [3.8, 4) is 0 Å². The van der Waals surface area contributed by atoms with E-state index in [-0.39, 0.29) is 16.9 Å². The van der Waals surface area contributed by atoms with Gasteiger partial charge in [-0.25, -0.2) is 0 Å². The van der Waals surface area contributed by atoms with Crippen LogP contribution < -0.4 is 10.0 Å². The first-order chi connectivity index (χ1) is 14.4. The molecule has 2 aromatic rings. The minimum Gasteiger partial charge on any atom is -0.380 e. The Balaban J connectivity index is 1.14. The molecule has 0 saturated heterocycles. The summed E-state index contributed by atoms with van der Waals surface area (Å²) in [7, 11) is 1.89. The first-order valence-corrected chi connectivity index (χ1v) is 12.1. The number of carbonyl (C=O) groups excluding carboxylic acids is 1. The van der Waals surface area contributed by atoms with E-state index >= 15 is 0 Å². The quantitative estimate of drug-likeness (QED) is 0.633. The molecule has 2 bridgehead atoms. The molecule has 1 aromatic carbocycles. The standard InChI is InChI=1S/C23H27ClN4OS/c1-28(21(29)22-12-23(13-22,14-22)27-30-2)11-19-6-5-18(10-25-19)26-20-8-15-3-4-17(24)7-16(15)9-20/h3-7,10,20,26-27H,8-9,11-14H2,1-2H3. The minimum atomic E-state index is -0.126. The number of rotatable bonds is 7. The highest BCUT2D eigenvalue weighted by Gasteiger charge is 2.71. The van der Waals surface area contributed by atoms with Crippen molar-refractivity contribution < 1.29 is 4.79 Å². The summed E-state index contributed by atoms with van der Waals surface area (Å²) in [5.41, 5.74) is 4.71. The molecule has 0 radical (unpaired) electrons. The fraction of sp³-hybridized carbons (Fsp3) is 0.478. The Hall–Kier alpha value is -1.76. The molecule has 6 rings (SSSR count). The van der Waals surface area contributed by atoms with Gasteiger partial charge in [0.1, 0.15) is 0 Å². The molecule has 1 atom stereocenters. The highest BCUT2D eigenvalue weighted by Crippen LogP contribution is 2.68. The zero-order chi connectivity index (χ0) is 20.9. The van der Waals surface area contributed by atoms with Gasteiger partial charge in [-0.2, -0.15) is 0 Å². The number of hydrogen-bond acceptors (Lipinski definition) is 5. The van der Waals surface area contributed by atoms with Crippen molar-refractivity contribution in [2.45, 2.75) is 50.2 Å². The van der Waals surface area contributed by atoms with Crippen LogP contribution in [-0.2, 0) is 24.2 Å². The summed E-state index contributed by atoms with van der Waals surface area (Å²) in [5, 5.41) is 4.38. The summed E-state index contributed by atoms with van der Waals surface area (Å²) < 4.78 is 3.46. The van der Waals surface area contributed by atoms with Gasteiger partial charge in [0.25, 0.3) is 0 Å². The minimum absolute atomic E-state index is 0.126. The summed E-state index contributed by atoms with van der Waals surface area (Å²) in [6.45, 7) is 0.553. The molecule has 0 spiro atoms. The summed E-state index contributed by atoms with van der Waals surface area (Å²) in [6.07, 6.45) is 8.80. The number of aromatic nitrogens is 1. The van der Waals surface area contributed by atoms with Crippen molar-refractivity contribution in [2.24, 2.45) is 5.41 Å². The Morgan fingerprint density at radius 2 is 2.00 bits per heavy atom. The molecular weight excluding hydrogens is 416 g/mol. The van der Waals surface area contributed by atoms with Crippen molar-refractivity contribution in [1.82, 2.24) is 14.6 Å². The van der Waals surface area contributed by atoms with Gasteiger partial charge in [-0.15, -0.1) is 0 Å². The SMILES string of the molecule is CSNC12CC(C(=O)N(C)Cc3ccc(NC4Cc5ccc(Cl)cc5C4)cn3)(C1)C2. The molecular formula is C23H27ClN4OS.